The van der Waals surface area contributed by atoms with E-state index in [0.29, 0.717) is 24.8 Å². The second-order valence-electron chi connectivity index (χ2n) is 10.8. The molecular weight excluding hydrogens is 452 g/mol. The molecular formula is C26H33ClN4O3. The highest BCUT2D eigenvalue weighted by Gasteiger charge is 2.61. The molecule has 34 heavy (non-hydrogen) atoms. The van der Waals surface area contributed by atoms with E-state index in [2.05, 4.69) is 4.98 Å². The topological polar surface area (TPSA) is 101 Å². The normalized spacial score (nSPS) is 29.4. The number of carbonyl (C=O) groups is 1. The third kappa shape index (κ3) is 3.98. The van der Waals surface area contributed by atoms with E-state index in [-0.39, 0.29) is 28.8 Å². The number of halogens is 1. The molecule has 2 unspecified atom stereocenters. The van der Waals surface area contributed by atoms with E-state index < -0.39 is 16.7 Å². The molecule has 0 aliphatic heterocycles. The van der Waals surface area contributed by atoms with Gasteiger partial charge >= 0.3 is 5.69 Å². The Kier molecular flexibility index (Phi) is 5.87. The van der Waals surface area contributed by atoms with E-state index in [1.54, 1.807) is 4.90 Å². The van der Waals surface area contributed by atoms with Gasteiger partial charge in [-0.25, -0.2) is 4.79 Å². The number of benzene rings is 1. The van der Waals surface area contributed by atoms with E-state index in [1.165, 1.54) is 4.57 Å². The molecule has 7 nitrogen and oxygen atoms in total. The van der Waals surface area contributed by atoms with E-state index in [1.807, 2.05) is 37.3 Å². The summed E-state index contributed by atoms with van der Waals surface area (Å²) in [5.41, 5.74) is 5.67. The van der Waals surface area contributed by atoms with Gasteiger partial charge in [0.25, 0.3) is 5.56 Å². The van der Waals surface area contributed by atoms with Crippen molar-refractivity contribution in [3.8, 4) is 0 Å². The molecule has 1 amide bonds. The fourth-order valence-electron chi connectivity index (χ4n) is 7.08. The lowest BCUT2D eigenvalue weighted by Gasteiger charge is -2.59. The molecule has 2 atom stereocenters. The third-order valence-corrected chi connectivity index (χ3v) is 8.53. The summed E-state index contributed by atoms with van der Waals surface area (Å²) in [5.74, 6) is 0.844. The lowest BCUT2D eigenvalue weighted by Crippen LogP contribution is -2.59. The highest BCUT2D eigenvalue weighted by molar-refractivity contribution is 6.24. The summed E-state index contributed by atoms with van der Waals surface area (Å²) in [5, 5.41) is 0. The van der Waals surface area contributed by atoms with Crippen molar-refractivity contribution in [3.05, 3.63) is 56.7 Å². The fourth-order valence-corrected chi connectivity index (χ4v) is 7.77. The molecule has 0 radical (unpaired) electrons. The molecule has 0 spiro atoms. The number of nitrogen functional groups attached to an aromatic ring is 1. The van der Waals surface area contributed by atoms with E-state index in [0.717, 1.165) is 50.5 Å². The minimum Gasteiger partial charge on any atom is -0.383 e. The molecule has 4 fully saturated rings. The van der Waals surface area contributed by atoms with Crippen molar-refractivity contribution in [2.75, 3.05) is 10.6 Å². The second-order valence-corrected chi connectivity index (χ2v) is 11.6. The molecule has 8 heteroatoms. The van der Waals surface area contributed by atoms with E-state index >= 15 is 0 Å². The Labute approximate surface area is 204 Å². The maximum Gasteiger partial charge on any atom is 0.330 e. The molecule has 6 rings (SSSR count). The third-order valence-electron chi connectivity index (χ3n) is 8.09. The van der Waals surface area contributed by atoms with Crippen LogP contribution in [0, 0.1) is 17.3 Å². The molecule has 1 aromatic carbocycles. The molecule has 2 aromatic rings. The Morgan fingerprint density at radius 2 is 1.85 bits per heavy atom. The zero-order valence-electron chi connectivity index (χ0n) is 19.7. The number of aromatic nitrogens is 2. The monoisotopic (exact) mass is 484 g/mol. The zero-order chi connectivity index (χ0) is 24.1. The van der Waals surface area contributed by atoms with Crippen LogP contribution in [0.3, 0.4) is 0 Å². The number of nitrogens with zero attached hydrogens (tertiary/aromatic N) is 2. The van der Waals surface area contributed by atoms with Crippen LogP contribution in [0.5, 0.6) is 0 Å². The lowest BCUT2D eigenvalue weighted by molar-refractivity contribution is -0.141. The highest BCUT2D eigenvalue weighted by Crippen LogP contribution is 2.64. The van der Waals surface area contributed by atoms with Crippen LogP contribution in [-0.4, -0.2) is 20.3 Å². The summed E-state index contributed by atoms with van der Waals surface area (Å²) < 4.78 is 1.38. The largest absolute Gasteiger partial charge is 0.383 e. The first kappa shape index (κ1) is 23.2. The quantitative estimate of drug-likeness (QED) is 0.579. The number of hydrogen-bond donors (Lipinski definition) is 2. The SMILES string of the molecule is CCCCn1c(N)c(N(Cc2ccccc2)C(=O)C23CC4CC(CC(Cl)(C4)C2)C3)c(=O)[nH]c1=O. The van der Waals surface area contributed by atoms with Gasteiger partial charge < -0.3 is 5.73 Å². The maximum atomic E-state index is 14.4. The number of carbonyl (C=O) groups excluding carboxylic acids is 1. The van der Waals surface area contributed by atoms with Gasteiger partial charge in [0, 0.05) is 11.4 Å². The summed E-state index contributed by atoms with van der Waals surface area (Å²) in [6, 6.07) is 9.59. The number of hydrogen-bond acceptors (Lipinski definition) is 4. The number of nitrogens with two attached hydrogens (primary N) is 1. The number of aromatic amines is 1. The van der Waals surface area contributed by atoms with Gasteiger partial charge in [-0.2, -0.15) is 0 Å². The number of unbranched alkanes of at least 4 members (excludes halogenated alkanes) is 1. The number of anilines is 2. The van der Waals surface area contributed by atoms with E-state index in [4.69, 9.17) is 17.3 Å². The molecule has 4 aliphatic carbocycles. The van der Waals surface area contributed by atoms with Crippen molar-refractivity contribution in [1.29, 1.82) is 0 Å². The summed E-state index contributed by atoms with van der Waals surface area (Å²) in [7, 11) is 0. The maximum absolute atomic E-state index is 14.4. The molecule has 4 saturated carbocycles. The molecule has 0 saturated heterocycles. The van der Waals surface area contributed by atoms with Gasteiger partial charge in [-0.05, 0) is 62.3 Å². The molecule has 4 aliphatic rings. The minimum atomic E-state index is -0.621. The molecule has 1 aromatic heterocycles. The van der Waals surface area contributed by atoms with Gasteiger partial charge in [0.15, 0.2) is 5.69 Å². The first-order valence-electron chi connectivity index (χ1n) is 12.4. The Balaban J connectivity index is 1.61. The highest BCUT2D eigenvalue weighted by atomic mass is 35.5. The van der Waals surface area contributed by atoms with Crippen LogP contribution in [-0.2, 0) is 17.9 Å². The van der Waals surface area contributed by atoms with Crippen molar-refractivity contribution in [1.82, 2.24) is 9.55 Å². The van der Waals surface area contributed by atoms with Gasteiger partial charge in [-0.1, -0.05) is 43.7 Å². The number of amides is 1. The lowest BCUT2D eigenvalue weighted by atomic mass is 9.49. The first-order valence-corrected chi connectivity index (χ1v) is 12.8. The zero-order valence-corrected chi connectivity index (χ0v) is 20.4. The Morgan fingerprint density at radius 1 is 1.18 bits per heavy atom. The van der Waals surface area contributed by atoms with Gasteiger partial charge in [-0.3, -0.25) is 24.0 Å². The van der Waals surface area contributed by atoms with Gasteiger partial charge in [0.05, 0.1) is 12.0 Å². The van der Waals surface area contributed by atoms with Crippen molar-refractivity contribution in [3.63, 3.8) is 0 Å². The molecule has 4 bridgehead atoms. The summed E-state index contributed by atoms with van der Waals surface area (Å²) in [6.07, 6.45) is 6.90. The van der Waals surface area contributed by atoms with Crippen molar-refractivity contribution in [2.45, 2.75) is 76.3 Å². The van der Waals surface area contributed by atoms with Gasteiger partial charge in [0.1, 0.15) is 5.82 Å². The summed E-state index contributed by atoms with van der Waals surface area (Å²) in [4.78, 5) is 43.7. The summed E-state index contributed by atoms with van der Waals surface area (Å²) in [6.45, 7) is 2.62. The molecule has 1 heterocycles. The smallest absolute Gasteiger partial charge is 0.330 e. The van der Waals surface area contributed by atoms with E-state index in [9.17, 15) is 14.4 Å². The van der Waals surface area contributed by atoms with Crippen LogP contribution in [0.15, 0.2) is 39.9 Å². The predicted octanol–water partition coefficient (Wildman–Crippen LogP) is 4.03. The second kappa shape index (κ2) is 8.59. The summed E-state index contributed by atoms with van der Waals surface area (Å²) >= 11 is 7.03. The fraction of sp³-hybridized carbons (Fsp3) is 0.577. The van der Waals surface area contributed by atoms with Crippen LogP contribution in [0.2, 0.25) is 0 Å². The van der Waals surface area contributed by atoms with Crippen LogP contribution < -0.4 is 21.9 Å². The molecule has 182 valence electrons. The van der Waals surface area contributed by atoms with Crippen LogP contribution in [0.25, 0.3) is 0 Å². The van der Waals surface area contributed by atoms with Crippen molar-refractivity contribution >= 4 is 29.0 Å². The van der Waals surface area contributed by atoms with Crippen LogP contribution >= 0.6 is 11.6 Å². The average Bonchev–Trinajstić information content (AvgIpc) is 2.76. The van der Waals surface area contributed by atoms with Crippen molar-refractivity contribution < 1.29 is 4.79 Å². The Morgan fingerprint density at radius 3 is 2.47 bits per heavy atom. The standard InChI is InChI=1S/C26H33ClN4O3/c1-2-3-9-30-21(28)20(22(32)29-24(30)34)31(15-17-7-5-4-6-8-17)23(33)25-11-18-10-19(12-25)14-26(27,13-18)16-25/h4-8,18-19H,2-3,9-16,28H2,1H3,(H,29,32,34). The van der Waals surface area contributed by atoms with Gasteiger partial charge in [0.2, 0.25) is 5.91 Å². The van der Waals surface area contributed by atoms with Crippen LogP contribution in [0.4, 0.5) is 11.5 Å². The Hall–Kier alpha value is -2.54. The number of alkyl halides is 1. The number of nitrogens with one attached hydrogen (secondary N) is 1. The van der Waals surface area contributed by atoms with Gasteiger partial charge in [-0.15, -0.1) is 11.6 Å². The van der Waals surface area contributed by atoms with Crippen LogP contribution in [0.1, 0.15) is 63.9 Å². The first-order chi connectivity index (χ1) is 16.2. The molecule has 3 N–H and O–H groups in total. The number of H-pyrrole nitrogens is 1. The minimum absolute atomic E-state index is 0.0526. The average molecular weight is 485 g/mol. The number of rotatable bonds is 7. The van der Waals surface area contributed by atoms with Crippen molar-refractivity contribution in [2.24, 2.45) is 17.3 Å². The Bertz CT molecular complexity index is 1190. The predicted molar refractivity (Wildman–Crippen MR) is 134 cm³/mol.